The van der Waals surface area contributed by atoms with E-state index in [1.165, 1.54) is 0 Å². The van der Waals surface area contributed by atoms with Crippen LogP contribution in [-0.4, -0.2) is 26.3 Å². The lowest BCUT2D eigenvalue weighted by atomic mass is 10.00. The molecule has 1 heterocycles. The number of aromatic amines is 1. The summed E-state index contributed by atoms with van der Waals surface area (Å²) < 4.78 is 38.0. The van der Waals surface area contributed by atoms with E-state index in [1.807, 2.05) is 0 Å². The third-order valence-corrected chi connectivity index (χ3v) is 3.61. The largest absolute Gasteiger partial charge is 0.504 e. The topological polar surface area (TPSA) is 93.5 Å². The third-order valence-electron chi connectivity index (χ3n) is 3.61. The van der Waals surface area contributed by atoms with E-state index in [0.29, 0.717) is 0 Å². The van der Waals surface area contributed by atoms with Gasteiger partial charge in [-0.15, -0.1) is 0 Å². The van der Waals surface area contributed by atoms with E-state index in [1.54, 1.807) is 0 Å². The van der Waals surface area contributed by atoms with Gasteiger partial charge in [-0.05, 0) is 23.8 Å². The van der Waals surface area contributed by atoms with Gasteiger partial charge in [0.2, 0.25) is 0 Å². The molecule has 8 heteroatoms. The first kappa shape index (κ1) is 15.7. The van der Waals surface area contributed by atoms with Gasteiger partial charge in [-0.2, -0.15) is 13.2 Å². The number of alkyl halides is 3. The molecule has 0 bridgehead atoms. The molecule has 0 saturated carbocycles. The van der Waals surface area contributed by atoms with Crippen LogP contribution in [0.4, 0.5) is 13.2 Å². The highest BCUT2D eigenvalue weighted by molar-refractivity contribution is 6.08. The minimum Gasteiger partial charge on any atom is -0.504 e. The molecule has 2 aromatic carbocycles. The summed E-state index contributed by atoms with van der Waals surface area (Å²) in [6.07, 6.45) is -4.50. The molecule has 0 atom stereocenters. The van der Waals surface area contributed by atoms with Crippen LogP contribution in [0.5, 0.6) is 11.5 Å². The molecule has 4 N–H and O–H groups in total. The zero-order chi connectivity index (χ0) is 17.6. The number of phenolic OH excluding ortho intramolecular Hbond substituents is 2. The molecule has 0 aliphatic heterocycles. The molecule has 0 radical (unpaired) electrons. The highest BCUT2D eigenvalue weighted by Crippen LogP contribution is 2.39. The summed E-state index contributed by atoms with van der Waals surface area (Å²) >= 11 is 0. The SMILES string of the molecule is O=C(O)c1[nH]c2cc(O)c(O)cc2c1-c1ccc(C(F)(F)F)cc1. The van der Waals surface area contributed by atoms with Gasteiger partial charge in [0.1, 0.15) is 5.69 Å². The Kier molecular flexibility index (Phi) is 3.40. The Hall–Kier alpha value is -3.16. The van der Waals surface area contributed by atoms with Crippen LogP contribution in [0.1, 0.15) is 16.1 Å². The first-order valence-electron chi connectivity index (χ1n) is 6.67. The Morgan fingerprint density at radius 3 is 2.12 bits per heavy atom. The van der Waals surface area contributed by atoms with Crippen molar-refractivity contribution in [2.45, 2.75) is 6.18 Å². The normalized spacial score (nSPS) is 11.8. The summed E-state index contributed by atoms with van der Waals surface area (Å²) in [6, 6.07) is 6.30. The van der Waals surface area contributed by atoms with Gasteiger partial charge < -0.3 is 20.3 Å². The number of aromatic nitrogens is 1. The van der Waals surface area contributed by atoms with Crippen LogP contribution in [0.2, 0.25) is 0 Å². The number of aromatic hydroxyl groups is 2. The fourth-order valence-corrected chi connectivity index (χ4v) is 2.51. The van der Waals surface area contributed by atoms with Crippen molar-refractivity contribution in [1.29, 1.82) is 0 Å². The number of carboxylic acid groups (broad SMARTS) is 1. The quantitative estimate of drug-likeness (QED) is 0.533. The summed E-state index contributed by atoms with van der Waals surface area (Å²) in [7, 11) is 0. The number of aromatic carboxylic acids is 1. The van der Waals surface area contributed by atoms with E-state index in [-0.39, 0.29) is 27.7 Å². The monoisotopic (exact) mass is 337 g/mol. The molecule has 0 fully saturated rings. The number of carbonyl (C=O) groups is 1. The number of carboxylic acids is 1. The van der Waals surface area contributed by atoms with Crippen LogP contribution in [-0.2, 0) is 6.18 Å². The van der Waals surface area contributed by atoms with Crippen molar-refractivity contribution in [3.8, 4) is 22.6 Å². The van der Waals surface area contributed by atoms with E-state index < -0.39 is 29.2 Å². The number of benzene rings is 2. The zero-order valence-corrected chi connectivity index (χ0v) is 11.8. The van der Waals surface area contributed by atoms with Crippen LogP contribution in [0.15, 0.2) is 36.4 Å². The van der Waals surface area contributed by atoms with Crippen molar-refractivity contribution in [1.82, 2.24) is 4.98 Å². The molecule has 3 rings (SSSR count). The molecule has 124 valence electrons. The Bertz CT molecular complexity index is 943. The van der Waals surface area contributed by atoms with Crippen molar-refractivity contribution < 1.29 is 33.3 Å². The zero-order valence-electron chi connectivity index (χ0n) is 11.8. The van der Waals surface area contributed by atoms with Crippen molar-refractivity contribution in [2.24, 2.45) is 0 Å². The average molecular weight is 337 g/mol. The maximum atomic E-state index is 12.7. The maximum Gasteiger partial charge on any atom is 0.416 e. The number of H-pyrrole nitrogens is 1. The van der Waals surface area contributed by atoms with Crippen LogP contribution >= 0.6 is 0 Å². The van der Waals surface area contributed by atoms with E-state index in [0.717, 1.165) is 36.4 Å². The minimum absolute atomic E-state index is 0.126. The number of halogens is 3. The highest BCUT2D eigenvalue weighted by atomic mass is 19.4. The van der Waals surface area contributed by atoms with E-state index in [4.69, 9.17) is 0 Å². The lowest BCUT2D eigenvalue weighted by Gasteiger charge is -2.08. The molecule has 0 unspecified atom stereocenters. The standard InChI is InChI=1S/C16H10F3NO4/c17-16(18,19)8-3-1-7(2-4-8)13-9-5-11(21)12(22)6-10(9)20-14(13)15(23)24/h1-6,20-22H,(H,23,24). The highest BCUT2D eigenvalue weighted by Gasteiger charge is 2.30. The summed E-state index contributed by atoms with van der Waals surface area (Å²) in [5.41, 5.74) is -0.519. The van der Waals surface area contributed by atoms with Crippen LogP contribution in [0.3, 0.4) is 0 Å². The molecule has 3 aromatic rings. The van der Waals surface area contributed by atoms with Crippen LogP contribution in [0.25, 0.3) is 22.0 Å². The molecule has 1 aromatic heterocycles. The Balaban J connectivity index is 2.26. The molecule has 24 heavy (non-hydrogen) atoms. The second-order valence-corrected chi connectivity index (χ2v) is 5.14. The van der Waals surface area contributed by atoms with E-state index >= 15 is 0 Å². The molecule has 0 saturated heterocycles. The first-order chi connectivity index (χ1) is 11.2. The Labute approximate surface area is 132 Å². The molecule has 0 aliphatic carbocycles. The molecular weight excluding hydrogens is 327 g/mol. The number of hydrogen-bond acceptors (Lipinski definition) is 3. The van der Waals surface area contributed by atoms with Crippen molar-refractivity contribution in [3.05, 3.63) is 47.7 Å². The van der Waals surface area contributed by atoms with Gasteiger partial charge in [0.25, 0.3) is 0 Å². The first-order valence-corrected chi connectivity index (χ1v) is 6.67. The number of fused-ring (bicyclic) bond motifs is 1. The fraction of sp³-hybridized carbons (Fsp3) is 0.0625. The van der Waals surface area contributed by atoms with Gasteiger partial charge in [0.05, 0.1) is 11.1 Å². The maximum absolute atomic E-state index is 12.7. The van der Waals surface area contributed by atoms with Gasteiger partial charge in [-0.1, -0.05) is 12.1 Å². The third kappa shape index (κ3) is 2.51. The predicted octanol–water partition coefficient (Wildman–Crippen LogP) is 3.96. The van der Waals surface area contributed by atoms with Crippen molar-refractivity contribution in [2.75, 3.05) is 0 Å². The number of phenols is 2. The van der Waals surface area contributed by atoms with E-state index in [9.17, 15) is 33.3 Å². The number of hydrogen-bond donors (Lipinski definition) is 4. The average Bonchev–Trinajstić information content (AvgIpc) is 2.85. The number of rotatable bonds is 2. The summed E-state index contributed by atoms with van der Waals surface area (Å²) in [4.78, 5) is 14.0. The molecule has 0 spiro atoms. The Morgan fingerprint density at radius 1 is 1.00 bits per heavy atom. The van der Waals surface area contributed by atoms with Gasteiger partial charge in [-0.25, -0.2) is 4.79 Å². The van der Waals surface area contributed by atoms with E-state index in [2.05, 4.69) is 4.98 Å². The lowest BCUT2D eigenvalue weighted by Crippen LogP contribution is -2.04. The van der Waals surface area contributed by atoms with Gasteiger partial charge in [0, 0.05) is 17.0 Å². The summed E-state index contributed by atoms with van der Waals surface area (Å²) in [5.74, 6) is -2.23. The molecular formula is C16H10F3NO4. The van der Waals surface area contributed by atoms with Crippen molar-refractivity contribution in [3.63, 3.8) is 0 Å². The fourth-order valence-electron chi connectivity index (χ4n) is 2.51. The smallest absolute Gasteiger partial charge is 0.416 e. The van der Waals surface area contributed by atoms with Gasteiger partial charge in [0.15, 0.2) is 11.5 Å². The predicted molar refractivity (Wildman–Crippen MR) is 79.0 cm³/mol. The second kappa shape index (κ2) is 5.19. The van der Waals surface area contributed by atoms with Gasteiger partial charge >= 0.3 is 12.1 Å². The van der Waals surface area contributed by atoms with Gasteiger partial charge in [-0.3, -0.25) is 0 Å². The van der Waals surface area contributed by atoms with Crippen molar-refractivity contribution >= 4 is 16.9 Å². The second-order valence-electron chi connectivity index (χ2n) is 5.14. The summed E-state index contributed by atoms with van der Waals surface area (Å²) in [6.45, 7) is 0. The molecule has 0 amide bonds. The minimum atomic E-state index is -4.50. The Morgan fingerprint density at radius 2 is 1.58 bits per heavy atom. The van der Waals surface area contributed by atoms with Crippen LogP contribution < -0.4 is 0 Å². The lowest BCUT2D eigenvalue weighted by molar-refractivity contribution is -0.137. The van der Waals surface area contributed by atoms with Crippen LogP contribution in [0, 0.1) is 0 Å². The number of nitrogens with one attached hydrogen (secondary N) is 1. The summed E-state index contributed by atoms with van der Waals surface area (Å²) in [5, 5.41) is 28.7. The molecule has 5 nitrogen and oxygen atoms in total. The molecule has 0 aliphatic rings.